The Labute approximate surface area is 147 Å². The smallest absolute Gasteiger partial charge is 0.239 e. The molecule has 2 rings (SSSR count). The maximum Gasteiger partial charge on any atom is 0.239 e. The van der Waals surface area contributed by atoms with E-state index >= 15 is 0 Å². The van der Waals surface area contributed by atoms with Crippen molar-refractivity contribution in [3.05, 3.63) is 40.6 Å². The molecule has 0 aliphatic carbocycles. The van der Waals surface area contributed by atoms with E-state index in [1.165, 1.54) is 0 Å². The Kier molecular flexibility index (Phi) is 5.93. The predicted molar refractivity (Wildman–Crippen MR) is 96.6 cm³/mol. The first-order chi connectivity index (χ1) is 11.7. The van der Waals surface area contributed by atoms with E-state index in [1.807, 2.05) is 32.9 Å². The summed E-state index contributed by atoms with van der Waals surface area (Å²) in [4.78, 5) is 25.8. The van der Waals surface area contributed by atoms with E-state index in [0.29, 0.717) is 11.6 Å². The molecule has 0 saturated carbocycles. The van der Waals surface area contributed by atoms with Crippen LogP contribution in [0.1, 0.15) is 22.5 Å². The van der Waals surface area contributed by atoms with Crippen LogP contribution in [0.15, 0.2) is 22.7 Å². The highest BCUT2D eigenvalue weighted by atomic mass is 16.5. The number of hydrogen-bond acceptors (Lipinski definition) is 5. The molecule has 0 unspecified atom stereocenters. The van der Waals surface area contributed by atoms with Crippen molar-refractivity contribution in [3.8, 4) is 0 Å². The first kappa shape index (κ1) is 18.7. The third kappa shape index (κ3) is 5.42. The SMILES string of the molecule is Cc1cc(C)c(NC(=O)CN(C)CC(=O)Nc2cc(C)on2)c(C)c1. The van der Waals surface area contributed by atoms with Crippen LogP contribution in [0.3, 0.4) is 0 Å². The molecule has 25 heavy (non-hydrogen) atoms. The Balaban J connectivity index is 1.86. The average molecular weight is 344 g/mol. The Morgan fingerprint density at radius 3 is 2.08 bits per heavy atom. The molecule has 0 bridgehead atoms. The van der Waals surface area contributed by atoms with E-state index in [4.69, 9.17) is 4.52 Å². The monoisotopic (exact) mass is 344 g/mol. The maximum atomic E-state index is 12.2. The summed E-state index contributed by atoms with van der Waals surface area (Å²) < 4.78 is 4.89. The van der Waals surface area contributed by atoms with Crippen LogP contribution in [0.2, 0.25) is 0 Å². The fourth-order valence-corrected chi connectivity index (χ4v) is 2.71. The highest BCUT2D eigenvalue weighted by Gasteiger charge is 2.14. The van der Waals surface area contributed by atoms with Gasteiger partial charge in [-0.1, -0.05) is 22.9 Å². The molecule has 0 radical (unpaired) electrons. The summed E-state index contributed by atoms with van der Waals surface area (Å²) >= 11 is 0. The molecule has 0 spiro atoms. The van der Waals surface area contributed by atoms with Gasteiger partial charge in [0.15, 0.2) is 5.82 Å². The molecule has 0 fully saturated rings. The summed E-state index contributed by atoms with van der Waals surface area (Å²) in [6.45, 7) is 7.88. The van der Waals surface area contributed by atoms with Gasteiger partial charge in [-0.2, -0.15) is 0 Å². The normalized spacial score (nSPS) is 10.8. The zero-order chi connectivity index (χ0) is 18.6. The van der Waals surface area contributed by atoms with E-state index in [1.54, 1.807) is 24.9 Å². The molecule has 7 heteroatoms. The van der Waals surface area contributed by atoms with Gasteiger partial charge >= 0.3 is 0 Å². The third-order valence-corrected chi connectivity index (χ3v) is 3.66. The Morgan fingerprint density at radius 2 is 1.56 bits per heavy atom. The number of nitrogens with zero attached hydrogens (tertiary/aromatic N) is 2. The summed E-state index contributed by atoms with van der Waals surface area (Å²) in [6, 6.07) is 5.69. The summed E-state index contributed by atoms with van der Waals surface area (Å²) in [6.07, 6.45) is 0. The topological polar surface area (TPSA) is 87.5 Å². The number of rotatable bonds is 6. The molecule has 0 atom stereocenters. The lowest BCUT2D eigenvalue weighted by atomic mass is 10.1. The molecule has 1 heterocycles. The second-order valence-electron chi connectivity index (χ2n) is 6.37. The molecule has 134 valence electrons. The summed E-state index contributed by atoms with van der Waals surface area (Å²) in [5, 5.41) is 9.25. The lowest BCUT2D eigenvalue weighted by molar-refractivity contribution is -0.119. The van der Waals surface area contributed by atoms with Crippen molar-refractivity contribution in [2.75, 3.05) is 30.8 Å². The van der Waals surface area contributed by atoms with E-state index in [9.17, 15) is 9.59 Å². The van der Waals surface area contributed by atoms with Gasteiger partial charge in [0.05, 0.1) is 13.1 Å². The van der Waals surface area contributed by atoms with Crippen LogP contribution >= 0.6 is 0 Å². The number of likely N-dealkylation sites (N-methyl/N-ethyl adjacent to an activating group) is 1. The van der Waals surface area contributed by atoms with Crippen LogP contribution in [0, 0.1) is 27.7 Å². The second-order valence-corrected chi connectivity index (χ2v) is 6.37. The van der Waals surface area contributed by atoms with E-state index in [0.717, 1.165) is 22.4 Å². The van der Waals surface area contributed by atoms with Crippen LogP contribution in [0.5, 0.6) is 0 Å². The summed E-state index contributed by atoms with van der Waals surface area (Å²) in [5.74, 6) is 0.562. The predicted octanol–water partition coefficient (Wildman–Crippen LogP) is 2.42. The van der Waals surface area contributed by atoms with Gasteiger partial charge in [0.2, 0.25) is 11.8 Å². The van der Waals surface area contributed by atoms with Gasteiger partial charge in [-0.3, -0.25) is 14.5 Å². The zero-order valence-corrected chi connectivity index (χ0v) is 15.3. The van der Waals surface area contributed by atoms with E-state index < -0.39 is 0 Å². The Hall–Kier alpha value is -2.67. The minimum absolute atomic E-state index is 0.0746. The standard InChI is InChI=1S/C18H24N4O3/c1-11-6-12(2)18(13(3)7-11)20-17(24)10-22(5)9-16(23)19-15-8-14(4)25-21-15/h6-8H,9-10H2,1-5H3,(H,20,24)(H,19,21,23). The molecule has 1 aromatic carbocycles. The quantitative estimate of drug-likeness (QED) is 0.840. The molecular weight excluding hydrogens is 320 g/mol. The average Bonchev–Trinajstić information content (AvgIpc) is 2.87. The number of carbonyl (C=O) groups is 2. The van der Waals surface area contributed by atoms with Crippen molar-refractivity contribution in [2.24, 2.45) is 0 Å². The molecule has 2 amide bonds. The molecule has 1 aromatic heterocycles. The third-order valence-electron chi connectivity index (χ3n) is 3.66. The Bertz CT molecular complexity index is 759. The summed E-state index contributed by atoms with van der Waals surface area (Å²) in [7, 11) is 1.71. The van der Waals surface area contributed by atoms with Gasteiger partial charge < -0.3 is 15.2 Å². The minimum Gasteiger partial charge on any atom is -0.360 e. The zero-order valence-electron chi connectivity index (χ0n) is 15.3. The molecule has 2 N–H and O–H groups in total. The molecule has 2 aromatic rings. The number of nitrogens with one attached hydrogen (secondary N) is 2. The van der Waals surface area contributed by atoms with Crippen LogP contribution in [-0.4, -0.2) is 42.0 Å². The van der Waals surface area contributed by atoms with Gasteiger partial charge in [0, 0.05) is 11.8 Å². The van der Waals surface area contributed by atoms with Gasteiger partial charge in [0.25, 0.3) is 0 Å². The van der Waals surface area contributed by atoms with Crippen molar-refractivity contribution in [2.45, 2.75) is 27.7 Å². The molecule has 0 aliphatic rings. The first-order valence-corrected chi connectivity index (χ1v) is 8.04. The lowest BCUT2D eigenvalue weighted by Gasteiger charge is -2.17. The molecule has 0 saturated heterocycles. The lowest BCUT2D eigenvalue weighted by Crippen LogP contribution is -2.36. The van der Waals surface area contributed by atoms with Crippen molar-refractivity contribution in [3.63, 3.8) is 0 Å². The number of anilines is 2. The fourth-order valence-electron chi connectivity index (χ4n) is 2.71. The van der Waals surface area contributed by atoms with Gasteiger partial charge in [0.1, 0.15) is 5.76 Å². The van der Waals surface area contributed by atoms with Crippen LogP contribution in [0.25, 0.3) is 0 Å². The first-order valence-electron chi connectivity index (χ1n) is 8.04. The van der Waals surface area contributed by atoms with Crippen molar-refractivity contribution in [1.29, 1.82) is 0 Å². The number of amides is 2. The van der Waals surface area contributed by atoms with Crippen LogP contribution in [0.4, 0.5) is 11.5 Å². The van der Waals surface area contributed by atoms with Crippen molar-refractivity contribution < 1.29 is 14.1 Å². The van der Waals surface area contributed by atoms with Crippen molar-refractivity contribution >= 4 is 23.3 Å². The van der Waals surface area contributed by atoms with Gasteiger partial charge in [-0.25, -0.2) is 0 Å². The second kappa shape index (κ2) is 7.94. The minimum atomic E-state index is -0.258. The van der Waals surface area contributed by atoms with Crippen molar-refractivity contribution in [1.82, 2.24) is 10.1 Å². The number of hydrogen-bond donors (Lipinski definition) is 2. The Morgan fingerprint density at radius 1 is 1.00 bits per heavy atom. The number of aryl methyl sites for hydroxylation is 4. The van der Waals surface area contributed by atoms with Gasteiger partial charge in [-0.05, 0) is 45.9 Å². The summed E-state index contributed by atoms with van der Waals surface area (Å²) in [5.41, 5.74) is 4.02. The molecular formula is C18H24N4O3. The van der Waals surface area contributed by atoms with E-state index in [2.05, 4.69) is 15.8 Å². The molecule has 0 aliphatic heterocycles. The van der Waals surface area contributed by atoms with Gasteiger partial charge in [-0.15, -0.1) is 0 Å². The number of benzene rings is 1. The maximum absolute atomic E-state index is 12.2. The number of aromatic nitrogens is 1. The largest absolute Gasteiger partial charge is 0.360 e. The van der Waals surface area contributed by atoms with Crippen LogP contribution in [-0.2, 0) is 9.59 Å². The fraction of sp³-hybridized carbons (Fsp3) is 0.389. The molecule has 7 nitrogen and oxygen atoms in total. The number of carbonyl (C=O) groups excluding carboxylic acids is 2. The van der Waals surface area contributed by atoms with Crippen LogP contribution < -0.4 is 10.6 Å². The highest BCUT2D eigenvalue weighted by molar-refractivity contribution is 5.95. The highest BCUT2D eigenvalue weighted by Crippen LogP contribution is 2.21. The van der Waals surface area contributed by atoms with E-state index in [-0.39, 0.29) is 24.9 Å².